The molecule has 0 N–H and O–H groups in total. The molecule has 1 amide bonds. The quantitative estimate of drug-likeness (QED) is 0.579. The zero-order valence-electron chi connectivity index (χ0n) is 16.6. The Morgan fingerprint density at radius 1 is 1.25 bits per heavy atom. The number of rotatable bonds is 8. The maximum atomic E-state index is 12.8. The zero-order valence-corrected chi connectivity index (χ0v) is 18.1. The smallest absolute Gasteiger partial charge is 0.228 e. The lowest BCUT2D eigenvalue weighted by atomic mass is 10.3. The molecule has 1 aromatic heterocycles. The number of halogens is 1. The molecule has 1 aromatic carbocycles. The molecule has 3 rings (SSSR count). The molecule has 2 aromatic rings. The van der Waals surface area contributed by atoms with E-state index in [1.165, 1.54) is 11.3 Å². The van der Waals surface area contributed by atoms with Gasteiger partial charge < -0.3 is 26.6 Å². The molecule has 2 heterocycles. The molecule has 28 heavy (non-hydrogen) atoms. The largest absolute Gasteiger partial charge is 1.00 e. The van der Waals surface area contributed by atoms with Crippen molar-refractivity contribution in [1.29, 1.82) is 0 Å². The number of nitrogens with zero attached hydrogens (tertiary/aromatic N) is 3. The van der Waals surface area contributed by atoms with Gasteiger partial charge in [-0.1, -0.05) is 18.3 Å². The van der Waals surface area contributed by atoms with Crippen molar-refractivity contribution in [3.05, 3.63) is 12.1 Å². The van der Waals surface area contributed by atoms with Crippen molar-refractivity contribution >= 4 is 32.6 Å². The summed E-state index contributed by atoms with van der Waals surface area (Å²) in [5.74, 6) is 1.53. The van der Waals surface area contributed by atoms with Gasteiger partial charge >= 0.3 is 0 Å². The van der Waals surface area contributed by atoms with Crippen molar-refractivity contribution in [3.8, 4) is 11.5 Å². The minimum Gasteiger partial charge on any atom is -1.00 e. The molecule has 0 radical (unpaired) electrons. The monoisotopic (exact) mass is 428 g/mol. The van der Waals surface area contributed by atoms with E-state index >= 15 is 0 Å². The number of methoxy groups -OCH3 is 2. The number of morpholine rings is 1. The SMILES string of the molecule is CCCC(=O)N(CCN1CCOCC1)c1nc2c(OC)ccc(OC)c2s1.[Cl-]. The van der Waals surface area contributed by atoms with Gasteiger partial charge in [0.25, 0.3) is 0 Å². The molecule has 156 valence electrons. The first-order chi connectivity index (χ1) is 13.2. The van der Waals surface area contributed by atoms with Crippen molar-refractivity contribution in [2.45, 2.75) is 19.8 Å². The van der Waals surface area contributed by atoms with E-state index in [1.54, 1.807) is 14.2 Å². The summed E-state index contributed by atoms with van der Waals surface area (Å²) in [6.07, 6.45) is 1.32. The first-order valence-corrected chi connectivity index (χ1v) is 10.1. The number of hydrogen-bond donors (Lipinski definition) is 0. The summed E-state index contributed by atoms with van der Waals surface area (Å²) in [7, 11) is 3.26. The Hall–Kier alpha value is -1.61. The Balaban J connectivity index is 0.00000280. The first kappa shape index (κ1) is 22.7. The van der Waals surface area contributed by atoms with Gasteiger partial charge in [0.1, 0.15) is 21.7 Å². The number of carbonyl (C=O) groups excluding carboxylic acids is 1. The zero-order chi connectivity index (χ0) is 19.2. The van der Waals surface area contributed by atoms with E-state index in [9.17, 15) is 4.79 Å². The Bertz CT molecular complexity index is 739. The summed E-state index contributed by atoms with van der Waals surface area (Å²) < 4.78 is 17.2. The number of aromatic nitrogens is 1. The van der Waals surface area contributed by atoms with Crippen LogP contribution >= 0.6 is 11.3 Å². The number of benzene rings is 1. The molecular weight excluding hydrogens is 402 g/mol. The maximum absolute atomic E-state index is 12.8. The van der Waals surface area contributed by atoms with Gasteiger partial charge in [-0.25, -0.2) is 4.98 Å². The fourth-order valence-corrected chi connectivity index (χ4v) is 4.25. The predicted octanol–water partition coefficient (Wildman–Crippen LogP) is -0.217. The van der Waals surface area contributed by atoms with Crippen LogP contribution in [0.4, 0.5) is 5.13 Å². The van der Waals surface area contributed by atoms with Crippen LogP contribution in [0.3, 0.4) is 0 Å². The van der Waals surface area contributed by atoms with Crippen LogP contribution in [0, 0.1) is 0 Å². The summed E-state index contributed by atoms with van der Waals surface area (Å²) in [5.41, 5.74) is 0.734. The third kappa shape index (κ3) is 5.05. The molecule has 1 aliphatic heterocycles. The van der Waals surface area contributed by atoms with E-state index in [0.29, 0.717) is 23.8 Å². The van der Waals surface area contributed by atoms with Crippen LogP contribution in [0.5, 0.6) is 11.5 Å². The standard InChI is InChI=1S/C19H27N3O4S.ClH/c1-4-5-16(23)22(9-8-21-10-12-26-13-11-21)19-20-17-14(24-2)6-7-15(25-3)18(17)27-19;/h6-7H,4-5,8-13H2,1-3H3;1H/p-1. The summed E-state index contributed by atoms with van der Waals surface area (Å²) >= 11 is 1.47. The third-order valence-electron chi connectivity index (χ3n) is 4.64. The highest BCUT2D eigenvalue weighted by atomic mass is 35.5. The molecule has 0 atom stereocenters. The average molecular weight is 429 g/mol. The lowest BCUT2D eigenvalue weighted by molar-refractivity contribution is -0.118. The Kier molecular flexibility index (Phi) is 8.75. The van der Waals surface area contributed by atoms with E-state index in [4.69, 9.17) is 19.2 Å². The Labute approximate surface area is 176 Å². The molecule has 9 heteroatoms. The van der Waals surface area contributed by atoms with Gasteiger partial charge in [0.2, 0.25) is 5.91 Å². The molecule has 0 saturated carbocycles. The minimum atomic E-state index is 0. The highest BCUT2D eigenvalue weighted by Crippen LogP contribution is 2.40. The molecule has 0 bridgehead atoms. The second-order valence-electron chi connectivity index (χ2n) is 6.39. The summed E-state index contributed by atoms with van der Waals surface area (Å²) in [6.45, 7) is 6.74. The Morgan fingerprint density at radius 3 is 2.57 bits per heavy atom. The van der Waals surface area contributed by atoms with Crippen molar-refractivity contribution in [1.82, 2.24) is 9.88 Å². The Morgan fingerprint density at radius 2 is 1.93 bits per heavy atom. The van der Waals surface area contributed by atoms with Crippen LogP contribution in [0.15, 0.2) is 12.1 Å². The third-order valence-corrected chi connectivity index (χ3v) is 5.73. The van der Waals surface area contributed by atoms with Gasteiger partial charge in [0, 0.05) is 32.6 Å². The molecule has 0 spiro atoms. The molecule has 0 aliphatic carbocycles. The van der Waals surface area contributed by atoms with Crippen LogP contribution in [-0.2, 0) is 9.53 Å². The normalized spacial score (nSPS) is 14.5. The van der Waals surface area contributed by atoms with Crippen LogP contribution in [-0.4, -0.2) is 69.4 Å². The fourth-order valence-electron chi connectivity index (χ4n) is 3.13. The summed E-state index contributed by atoms with van der Waals surface area (Å²) in [5, 5.41) is 0.694. The van der Waals surface area contributed by atoms with E-state index < -0.39 is 0 Å². The van der Waals surface area contributed by atoms with E-state index in [2.05, 4.69) is 4.90 Å². The molecule has 1 aliphatic rings. The lowest BCUT2D eigenvalue weighted by Crippen LogP contribution is -3.00. The maximum Gasteiger partial charge on any atom is 0.228 e. The second-order valence-corrected chi connectivity index (χ2v) is 7.37. The van der Waals surface area contributed by atoms with E-state index in [1.807, 2.05) is 24.0 Å². The number of ether oxygens (including phenoxy) is 3. The number of anilines is 1. The van der Waals surface area contributed by atoms with E-state index in [-0.39, 0.29) is 18.3 Å². The van der Waals surface area contributed by atoms with Crippen molar-refractivity contribution in [2.75, 3.05) is 58.5 Å². The molecule has 7 nitrogen and oxygen atoms in total. The van der Waals surface area contributed by atoms with Gasteiger partial charge in [-0.2, -0.15) is 0 Å². The first-order valence-electron chi connectivity index (χ1n) is 9.30. The minimum absolute atomic E-state index is 0. The molecule has 1 fully saturated rings. The number of fused-ring (bicyclic) bond motifs is 1. The summed E-state index contributed by atoms with van der Waals surface area (Å²) in [6, 6.07) is 3.71. The van der Waals surface area contributed by atoms with Crippen LogP contribution in [0.1, 0.15) is 19.8 Å². The topological polar surface area (TPSA) is 64.1 Å². The van der Waals surface area contributed by atoms with Gasteiger partial charge in [0.15, 0.2) is 5.13 Å². The predicted molar refractivity (Wildman–Crippen MR) is 107 cm³/mol. The van der Waals surface area contributed by atoms with Gasteiger partial charge in [-0.3, -0.25) is 14.6 Å². The number of thiazole rings is 1. The molecule has 0 unspecified atom stereocenters. The van der Waals surface area contributed by atoms with Crippen LogP contribution < -0.4 is 26.8 Å². The number of amides is 1. The fraction of sp³-hybridized carbons (Fsp3) is 0.579. The van der Waals surface area contributed by atoms with Crippen LogP contribution in [0.25, 0.3) is 10.2 Å². The second kappa shape index (κ2) is 10.8. The van der Waals surface area contributed by atoms with Crippen molar-refractivity contribution in [2.24, 2.45) is 0 Å². The summed E-state index contributed by atoms with van der Waals surface area (Å²) in [4.78, 5) is 21.7. The van der Waals surface area contributed by atoms with Gasteiger partial charge in [-0.05, 0) is 18.6 Å². The van der Waals surface area contributed by atoms with Crippen molar-refractivity contribution < 1.29 is 31.4 Å². The molecular formula is C19H27ClN3O4S-. The number of hydrogen-bond acceptors (Lipinski definition) is 7. The van der Waals surface area contributed by atoms with E-state index in [0.717, 1.165) is 55.2 Å². The lowest BCUT2D eigenvalue weighted by Gasteiger charge is -2.29. The highest BCUT2D eigenvalue weighted by Gasteiger charge is 2.23. The van der Waals surface area contributed by atoms with Crippen LogP contribution in [0.2, 0.25) is 0 Å². The van der Waals surface area contributed by atoms with Gasteiger partial charge in [0.05, 0.1) is 27.4 Å². The highest BCUT2D eigenvalue weighted by molar-refractivity contribution is 7.22. The average Bonchev–Trinajstić information content (AvgIpc) is 3.13. The molecule has 1 saturated heterocycles. The number of carbonyl (C=O) groups is 1. The van der Waals surface area contributed by atoms with Gasteiger partial charge in [-0.15, -0.1) is 0 Å². The van der Waals surface area contributed by atoms with Crippen molar-refractivity contribution in [3.63, 3.8) is 0 Å².